The summed E-state index contributed by atoms with van der Waals surface area (Å²) in [5.41, 5.74) is 2.35. The maximum Gasteiger partial charge on any atom is 0.0887 e. The first kappa shape index (κ1) is 18.6. The molecule has 0 aliphatic rings. The first-order valence-corrected chi connectivity index (χ1v) is 6.18. The van der Waals surface area contributed by atoms with E-state index in [1.807, 2.05) is 27.7 Å². The summed E-state index contributed by atoms with van der Waals surface area (Å²) in [5, 5.41) is 16.6. The van der Waals surface area contributed by atoms with Gasteiger partial charge in [0.1, 0.15) is 0 Å². The molecule has 0 fully saturated rings. The highest BCUT2D eigenvalue weighted by molar-refractivity contribution is 4.92. The molecule has 0 atom stereocenters. The molecule has 0 amide bonds. The number of ether oxygens (including phenoxy) is 1. The summed E-state index contributed by atoms with van der Waals surface area (Å²) < 4.78 is 5.03. The van der Waals surface area contributed by atoms with E-state index < -0.39 is 0 Å². The van der Waals surface area contributed by atoms with Gasteiger partial charge in [0.25, 0.3) is 0 Å². The number of unbranched alkanes of at least 4 members (excludes halogenated alkanes) is 3. The van der Waals surface area contributed by atoms with E-state index in [1.165, 1.54) is 11.1 Å². The minimum Gasteiger partial charge on any atom is -0.473 e. The van der Waals surface area contributed by atoms with Crippen molar-refractivity contribution in [2.45, 2.75) is 53.4 Å². The molecule has 0 saturated heterocycles. The number of rotatable bonds is 7. The van der Waals surface area contributed by atoms with Gasteiger partial charge >= 0.3 is 0 Å². The first-order valence-electron chi connectivity index (χ1n) is 6.18. The zero-order valence-electron chi connectivity index (χ0n) is 11.7. The molecule has 0 aliphatic carbocycles. The fraction of sp³-hybridized carbons (Fsp3) is 0.714. The van der Waals surface area contributed by atoms with Gasteiger partial charge in [0.2, 0.25) is 0 Å². The third kappa shape index (κ3) is 25.5. The molecular formula is C14H28O3. The van der Waals surface area contributed by atoms with Crippen LogP contribution >= 0.6 is 0 Å². The Hall–Kier alpha value is -0.800. The Morgan fingerprint density at radius 3 is 1.35 bits per heavy atom. The maximum absolute atomic E-state index is 8.30. The Morgan fingerprint density at radius 2 is 1.12 bits per heavy atom. The zero-order valence-corrected chi connectivity index (χ0v) is 11.7. The van der Waals surface area contributed by atoms with Gasteiger partial charge in [0.15, 0.2) is 0 Å². The Labute approximate surface area is 106 Å². The second-order valence-corrected chi connectivity index (χ2v) is 4.39. The van der Waals surface area contributed by atoms with Crippen LogP contribution in [-0.4, -0.2) is 23.4 Å². The highest BCUT2D eigenvalue weighted by Gasteiger charge is 1.84. The highest BCUT2D eigenvalue weighted by Crippen LogP contribution is 1.96. The molecule has 2 N–H and O–H groups in total. The molecular weight excluding hydrogens is 216 g/mol. The molecule has 0 rings (SSSR count). The molecule has 0 unspecified atom stereocenters. The third-order valence-corrected chi connectivity index (χ3v) is 1.67. The normalized spacial score (nSPS) is 8.82. The smallest absolute Gasteiger partial charge is 0.0887 e. The van der Waals surface area contributed by atoms with E-state index in [4.69, 9.17) is 14.9 Å². The number of allylic oxidation sites excluding steroid dienone is 2. The van der Waals surface area contributed by atoms with Crippen molar-refractivity contribution in [3.05, 3.63) is 23.7 Å². The number of aliphatic hydroxyl groups excluding tert-OH is 2. The standard InChI is InChI=1S/C8H14O.C6H14O2/c1-7(2)5-9-6-8(3)4;7-5-3-1-2-4-6-8/h5-6H,1-4H3;7-8H,1-6H2. The van der Waals surface area contributed by atoms with Crippen molar-refractivity contribution in [1.29, 1.82) is 0 Å². The van der Waals surface area contributed by atoms with Crippen LogP contribution in [0.25, 0.3) is 0 Å². The van der Waals surface area contributed by atoms with Crippen LogP contribution in [-0.2, 0) is 4.74 Å². The molecule has 0 aromatic heterocycles. The van der Waals surface area contributed by atoms with Crippen LogP contribution < -0.4 is 0 Å². The molecule has 0 aliphatic heterocycles. The van der Waals surface area contributed by atoms with Crippen molar-refractivity contribution in [3.8, 4) is 0 Å². The van der Waals surface area contributed by atoms with E-state index in [1.54, 1.807) is 12.5 Å². The van der Waals surface area contributed by atoms with Crippen LogP contribution in [0.1, 0.15) is 53.4 Å². The van der Waals surface area contributed by atoms with Crippen LogP contribution in [0.5, 0.6) is 0 Å². The molecule has 3 heteroatoms. The average Bonchev–Trinajstić information content (AvgIpc) is 2.24. The minimum atomic E-state index is 0.283. The van der Waals surface area contributed by atoms with Crippen molar-refractivity contribution in [2.75, 3.05) is 13.2 Å². The van der Waals surface area contributed by atoms with E-state index in [-0.39, 0.29) is 13.2 Å². The zero-order chi connectivity index (χ0) is 13.5. The number of hydrogen-bond acceptors (Lipinski definition) is 3. The lowest BCUT2D eigenvalue weighted by Crippen LogP contribution is -1.85. The summed E-state index contributed by atoms with van der Waals surface area (Å²) in [6, 6.07) is 0. The lowest BCUT2D eigenvalue weighted by Gasteiger charge is -1.93. The van der Waals surface area contributed by atoms with Crippen molar-refractivity contribution >= 4 is 0 Å². The number of hydrogen-bond donors (Lipinski definition) is 2. The second-order valence-electron chi connectivity index (χ2n) is 4.39. The fourth-order valence-electron chi connectivity index (χ4n) is 0.883. The van der Waals surface area contributed by atoms with Gasteiger partial charge in [0.05, 0.1) is 12.5 Å². The Kier molecular flexibility index (Phi) is 16.6. The molecule has 17 heavy (non-hydrogen) atoms. The van der Waals surface area contributed by atoms with Crippen molar-refractivity contribution in [3.63, 3.8) is 0 Å². The Morgan fingerprint density at radius 1 is 0.765 bits per heavy atom. The van der Waals surface area contributed by atoms with Gasteiger partial charge in [-0.15, -0.1) is 0 Å². The van der Waals surface area contributed by atoms with Crippen molar-refractivity contribution < 1.29 is 14.9 Å². The van der Waals surface area contributed by atoms with Gasteiger partial charge < -0.3 is 14.9 Å². The molecule has 0 radical (unpaired) electrons. The van der Waals surface area contributed by atoms with Gasteiger partial charge in [-0.05, 0) is 51.7 Å². The van der Waals surface area contributed by atoms with Crippen LogP contribution in [0.4, 0.5) is 0 Å². The molecule has 0 spiro atoms. The van der Waals surface area contributed by atoms with E-state index >= 15 is 0 Å². The predicted octanol–water partition coefficient (Wildman–Crippen LogP) is 3.38. The van der Waals surface area contributed by atoms with Gasteiger partial charge in [-0.2, -0.15) is 0 Å². The number of aliphatic hydroxyl groups is 2. The summed E-state index contributed by atoms with van der Waals surface area (Å²) in [6.07, 6.45) is 7.29. The quantitative estimate of drug-likeness (QED) is 0.533. The van der Waals surface area contributed by atoms with Crippen LogP contribution in [0.3, 0.4) is 0 Å². The minimum absolute atomic E-state index is 0.283. The van der Waals surface area contributed by atoms with Gasteiger partial charge in [0, 0.05) is 13.2 Å². The fourth-order valence-corrected chi connectivity index (χ4v) is 0.883. The highest BCUT2D eigenvalue weighted by atomic mass is 16.5. The van der Waals surface area contributed by atoms with Gasteiger partial charge in [-0.25, -0.2) is 0 Å². The first-order chi connectivity index (χ1) is 8.04. The molecule has 0 bridgehead atoms. The summed E-state index contributed by atoms with van der Waals surface area (Å²) >= 11 is 0. The van der Waals surface area contributed by atoms with E-state index in [2.05, 4.69) is 0 Å². The summed E-state index contributed by atoms with van der Waals surface area (Å²) in [5.74, 6) is 0. The van der Waals surface area contributed by atoms with Crippen LogP contribution in [0.2, 0.25) is 0 Å². The average molecular weight is 244 g/mol. The summed E-state index contributed by atoms with van der Waals surface area (Å²) in [6.45, 7) is 8.56. The summed E-state index contributed by atoms with van der Waals surface area (Å²) in [7, 11) is 0. The third-order valence-electron chi connectivity index (χ3n) is 1.67. The lowest BCUT2D eigenvalue weighted by atomic mass is 10.2. The van der Waals surface area contributed by atoms with E-state index in [0.29, 0.717) is 0 Å². The topological polar surface area (TPSA) is 49.7 Å². The maximum atomic E-state index is 8.30. The van der Waals surface area contributed by atoms with Crippen LogP contribution in [0, 0.1) is 0 Å². The van der Waals surface area contributed by atoms with E-state index in [9.17, 15) is 0 Å². The van der Waals surface area contributed by atoms with Gasteiger partial charge in [-0.1, -0.05) is 12.8 Å². The molecule has 0 saturated carbocycles. The Bertz CT molecular complexity index is 178. The molecule has 0 heterocycles. The monoisotopic (exact) mass is 244 g/mol. The molecule has 0 aromatic carbocycles. The van der Waals surface area contributed by atoms with Crippen LogP contribution in [0.15, 0.2) is 23.7 Å². The van der Waals surface area contributed by atoms with E-state index in [0.717, 1.165) is 25.7 Å². The SMILES string of the molecule is CC(C)=COC=C(C)C.OCCCCCCO. The predicted molar refractivity (Wildman–Crippen MR) is 72.6 cm³/mol. The molecule has 0 aromatic rings. The molecule has 102 valence electrons. The second kappa shape index (κ2) is 15.2. The van der Waals surface area contributed by atoms with Crippen molar-refractivity contribution in [1.82, 2.24) is 0 Å². The summed E-state index contributed by atoms with van der Waals surface area (Å²) in [4.78, 5) is 0. The molecule has 3 nitrogen and oxygen atoms in total. The lowest BCUT2D eigenvalue weighted by molar-refractivity contribution is 0.265. The Balaban J connectivity index is 0. The van der Waals surface area contributed by atoms with Crippen molar-refractivity contribution in [2.24, 2.45) is 0 Å². The largest absolute Gasteiger partial charge is 0.473 e. The van der Waals surface area contributed by atoms with Gasteiger partial charge in [-0.3, -0.25) is 0 Å².